The molecule has 3 aliphatic rings. The number of nitrogens with zero attached hydrogens (tertiary/aromatic N) is 9. The third-order valence-corrected chi connectivity index (χ3v) is 7.52. The van der Waals surface area contributed by atoms with E-state index in [-0.39, 0.29) is 13.1 Å². The van der Waals surface area contributed by atoms with Gasteiger partial charge in [-0.15, -0.1) is 11.5 Å². The highest BCUT2D eigenvalue weighted by Crippen LogP contribution is 2.20. The first-order valence-corrected chi connectivity index (χ1v) is 14.0. The van der Waals surface area contributed by atoms with Gasteiger partial charge in [-0.3, -0.25) is 34.2 Å². The van der Waals surface area contributed by atoms with E-state index in [1.165, 1.54) is 0 Å². The minimum absolute atomic E-state index is 0.0630. The minimum atomic E-state index is -0.873. The van der Waals surface area contributed by atoms with Crippen LogP contribution in [0.2, 0.25) is 0 Å². The van der Waals surface area contributed by atoms with Crippen molar-refractivity contribution in [1.82, 2.24) is 44.6 Å². The van der Waals surface area contributed by atoms with Gasteiger partial charge in [0.2, 0.25) is 0 Å². The summed E-state index contributed by atoms with van der Waals surface area (Å²) in [4.78, 5) is 41.6. The van der Waals surface area contributed by atoms with Crippen LogP contribution < -0.4 is 0 Å². The molecule has 0 amide bonds. The first-order valence-electron chi connectivity index (χ1n) is 14.0. The Kier molecular flexibility index (Phi) is 9.50. The molecular weight excluding hydrogens is 538 g/mol. The lowest BCUT2D eigenvalue weighted by atomic mass is 10.1. The van der Waals surface area contributed by atoms with Crippen LogP contribution in [-0.2, 0) is 29.2 Å². The lowest BCUT2D eigenvalue weighted by Crippen LogP contribution is -2.47. The fourth-order valence-corrected chi connectivity index (χ4v) is 5.37. The highest BCUT2D eigenvalue weighted by Gasteiger charge is 2.21. The molecule has 0 aromatic carbocycles. The summed E-state index contributed by atoms with van der Waals surface area (Å²) in [6, 6.07) is 9.57. The maximum atomic E-state index is 11.7. The predicted octanol–water partition coefficient (Wildman–Crippen LogP) is 0.169. The summed E-state index contributed by atoms with van der Waals surface area (Å²) in [5.41, 5.74) is 4.46. The van der Waals surface area contributed by atoms with Gasteiger partial charge in [0, 0.05) is 71.0 Å². The van der Waals surface area contributed by atoms with Gasteiger partial charge in [-0.25, -0.2) is 9.67 Å². The average Bonchev–Trinajstić information content (AvgIpc) is 3.41. The molecule has 0 atom stereocenters. The molecule has 13 heteroatoms. The number of carboxylic acid groups (broad SMARTS) is 2. The van der Waals surface area contributed by atoms with Gasteiger partial charge in [0.1, 0.15) is 5.69 Å². The Labute approximate surface area is 244 Å². The van der Waals surface area contributed by atoms with E-state index >= 15 is 0 Å². The molecule has 6 rings (SSSR count). The largest absolute Gasteiger partial charge is 0.480 e. The molecule has 220 valence electrons. The van der Waals surface area contributed by atoms with Crippen molar-refractivity contribution in [2.24, 2.45) is 0 Å². The zero-order chi connectivity index (χ0) is 29.5. The van der Waals surface area contributed by atoms with Crippen LogP contribution in [0.15, 0.2) is 36.5 Å². The molecule has 3 aliphatic heterocycles. The highest BCUT2D eigenvalue weighted by molar-refractivity contribution is 5.69. The van der Waals surface area contributed by atoms with Crippen LogP contribution in [0, 0.1) is 12.3 Å². The number of pyridine rings is 2. The van der Waals surface area contributed by atoms with Crippen molar-refractivity contribution in [1.29, 1.82) is 0 Å². The Hall–Kier alpha value is -4.22. The van der Waals surface area contributed by atoms with Crippen molar-refractivity contribution in [3.8, 4) is 23.7 Å². The van der Waals surface area contributed by atoms with Crippen molar-refractivity contribution in [3.63, 3.8) is 0 Å². The fourth-order valence-electron chi connectivity index (χ4n) is 5.37. The van der Waals surface area contributed by atoms with Gasteiger partial charge in [-0.05, 0) is 24.3 Å². The third kappa shape index (κ3) is 7.95. The fraction of sp³-hybridized carbons (Fsp3) is 0.448. The summed E-state index contributed by atoms with van der Waals surface area (Å²) in [7, 11) is 0. The van der Waals surface area contributed by atoms with Crippen LogP contribution in [0.5, 0.6) is 0 Å². The smallest absolute Gasteiger partial charge is 0.317 e. The number of aliphatic carboxylic acids is 2. The number of rotatable bonds is 4. The topological polar surface area (TPSA) is 144 Å². The van der Waals surface area contributed by atoms with E-state index in [4.69, 9.17) is 16.4 Å². The SMILES string of the molecule is C#Cc1cc2nc(c1)-c1cnnn1Cc1cccc(n1)CN1CCN(CC(=O)O)CCN(CCN(CC(=O)O)CC1)C2. The van der Waals surface area contributed by atoms with Gasteiger partial charge < -0.3 is 10.2 Å². The lowest BCUT2D eigenvalue weighted by Gasteiger charge is -2.33. The van der Waals surface area contributed by atoms with E-state index in [0.29, 0.717) is 83.2 Å². The van der Waals surface area contributed by atoms with Gasteiger partial charge in [-0.2, -0.15) is 0 Å². The zero-order valence-electron chi connectivity index (χ0n) is 23.5. The van der Waals surface area contributed by atoms with Crippen LogP contribution in [0.4, 0.5) is 0 Å². The number of hydrogen-bond acceptors (Lipinski definition) is 10. The third-order valence-electron chi connectivity index (χ3n) is 7.52. The van der Waals surface area contributed by atoms with E-state index in [0.717, 1.165) is 22.8 Å². The first kappa shape index (κ1) is 29.3. The van der Waals surface area contributed by atoms with Crippen LogP contribution in [-0.4, -0.2) is 132 Å². The molecule has 1 saturated heterocycles. The molecule has 6 bridgehead atoms. The molecular formula is C29H35N9O4. The van der Waals surface area contributed by atoms with Gasteiger partial charge in [-0.1, -0.05) is 17.2 Å². The Morgan fingerprint density at radius 1 is 0.786 bits per heavy atom. The van der Waals surface area contributed by atoms with Crippen LogP contribution in [0.3, 0.4) is 0 Å². The Morgan fingerprint density at radius 2 is 1.36 bits per heavy atom. The molecule has 1 fully saturated rings. The van der Waals surface area contributed by atoms with E-state index < -0.39 is 11.9 Å². The van der Waals surface area contributed by atoms with Gasteiger partial charge in [0.05, 0.1) is 48.6 Å². The van der Waals surface area contributed by atoms with E-state index in [2.05, 4.69) is 26.0 Å². The second-order valence-corrected chi connectivity index (χ2v) is 10.7. The summed E-state index contributed by atoms with van der Waals surface area (Å²) < 4.78 is 1.77. The van der Waals surface area contributed by atoms with Gasteiger partial charge in [0.25, 0.3) is 0 Å². The molecule has 3 aromatic rings. The standard InChI is InChI=1S/C29H35N9O4/c1-2-22-14-25-18-35-8-12-36(20-28(39)40)10-6-34(7-11-37(13-9-35)21-29(41)42)17-23-4-3-5-24(31-23)19-38-27(16-30-33-38)26(15-22)32-25/h1,3-5,14-16H,6-13,17-21H2,(H,39,40)(H,41,42). The van der Waals surface area contributed by atoms with Crippen LogP contribution in [0.1, 0.15) is 22.6 Å². The molecule has 0 saturated carbocycles. The maximum Gasteiger partial charge on any atom is 0.317 e. The van der Waals surface area contributed by atoms with E-state index in [1.807, 2.05) is 40.1 Å². The number of carbonyl (C=O) groups is 2. The molecule has 3 aromatic heterocycles. The quantitative estimate of drug-likeness (QED) is 0.411. The van der Waals surface area contributed by atoms with Crippen molar-refractivity contribution in [2.75, 3.05) is 65.4 Å². The zero-order valence-corrected chi connectivity index (χ0v) is 23.5. The summed E-state index contributed by atoms with van der Waals surface area (Å²) >= 11 is 0. The molecule has 13 nitrogen and oxygen atoms in total. The Bertz CT molecular complexity index is 1420. The van der Waals surface area contributed by atoms with Crippen LogP contribution >= 0.6 is 0 Å². The summed E-state index contributed by atoms with van der Waals surface area (Å²) in [5.74, 6) is 0.984. The Balaban J connectivity index is 1.58. The molecule has 2 N–H and O–H groups in total. The molecule has 42 heavy (non-hydrogen) atoms. The molecule has 0 spiro atoms. The second-order valence-electron chi connectivity index (χ2n) is 10.7. The molecule has 0 radical (unpaired) electrons. The lowest BCUT2D eigenvalue weighted by molar-refractivity contribution is -0.139. The second kappa shape index (κ2) is 13.6. The van der Waals surface area contributed by atoms with E-state index in [9.17, 15) is 19.8 Å². The average molecular weight is 574 g/mol. The number of aromatic nitrogens is 5. The first-order chi connectivity index (χ1) is 20.3. The monoisotopic (exact) mass is 573 g/mol. The van der Waals surface area contributed by atoms with E-state index in [1.54, 1.807) is 10.9 Å². The predicted molar refractivity (Wildman–Crippen MR) is 153 cm³/mol. The Morgan fingerprint density at radius 3 is 1.93 bits per heavy atom. The summed E-state index contributed by atoms with van der Waals surface area (Å²) in [5, 5.41) is 27.7. The summed E-state index contributed by atoms with van der Waals surface area (Å²) in [6.45, 7) is 5.82. The number of hydrogen-bond donors (Lipinski definition) is 2. The van der Waals surface area contributed by atoms with Crippen molar-refractivity contribution >= 4 is 11.9 Å². The van der Waals surface area contributed by atoms with Crippen molar-refractivity contribution < 1.29 is 19.8 Å². The molecule has 6 heterocycles. The molecule has 0 aliphatic carbocycles. The normalized spacial score (nSPS) is 20.6. The number of terminal acetylenes is 1. The van der Waals surface area contributed by atoms with Crippen molar-refractivity contribution in [2.45, 2.75) is 19.6 Å². The van der Waals surface area contributed by atoms with Gasteiger partial charge in [0.15, 0.2) is 0 Å². The van der Waals surface area contributed by atoms with Gasteiger partial charge >= 0.3 is 11.9 Å². The highest BCUT2D eigenvalue weighted by atomic mass is 16.4. The minimum Gasteiger partial charge on any atom is -0.480 e. The molecule has 0 unspecified atom stereocenters. The van der Waals surface area contributed by atoms with Crippen LogP contribution in [0.25, 0.3) is 11.4 Å². The maximum absolute atomic E-state index is 11.7. The van der Waals surface area contributed by atoms with Crippen molar-refractivity contribution in [3.05, 3.63) is 59.2 Å². The number of carboxylic acids is 2. The summed E-state index contributed by atoms with van der Waals surface area (Å²) in [6.07, 6.45) is 7.50. The number of fused-ring (bicyclic) bond motifs is 8.